The Hall–Kier alpha value is -0.680. The Bertz CT molecular complexity index is 221. The quantitative estimate of drug-likeness (QED) is 0.741. The number of aliphatic hydroxyl groups excluding tert-OH is 1. The normalized spacial score (nSPS) is 15.6. The van der Waals surface area contributed by atoms with Gasteiger partial charge in [-0.15, -0.1) is 10.2 Å². The molecule has 12 heavy (non-hydrogen) atoms. The molecule has 1 atom stereocenters. The summed E-state index contributed by atoms with van der Waals surface area (Å²) in [5.41, 5.74) is 1.38. The fourth-order valence-corrected chi connectivity index (χ4v) is 1.32. The third-order valence-electron chi connectivity index (χ3n) is 1.90. The van der Waals surface area contributed by atoms with Gasteiger partial charge in [0.1, 0.15) is 5.51 Å². The average Bonchev–Trinajstić information content (AvgIpc) is 2.57. The molecule has 0 spiro atoms. The van der Waals surface area contributed by atoms with Gasteiger partial charge in [0.15, 0.2) is 0 Å². The molecule has 0 saturated carbocycles. The maximum Gasteiger partial charge on any atom is 0.205 e. The van der Waals surface area contributed by atoms with Crippen LogP contribution in [-0.2, 0) is 0 Å². The monoisotopic (exact) mass is 187 g/mol. The molecule has 0 aliphatic heterocycles. The maximum absolute atomic E-state index is 9.08. The van der Waals surface area contributed by atoms with Crippen molar-refractivity contribution in [2.75, 3.05) is 11.9 Å². The first-order valence-electron chi connectivity index (χ1n) is 3.85. The van der Waals surface area contributed by atoms with Gasteiger partial charge in [0.25, 0.3) is 0 Å². The summed E-state index contributed by atoms with van der Waals surface area (Å²) >= 11 is 1.44. The molecule has 1 aromatic rings. The summed E-state index contributed by atoms with van der Waals surface area (Å²) in [5.74, 6) is 0. The highest BCUT2D eigenvalue weighted by Gasteiger charge is 2.21. The van der Waals surface area contributed by atoms with E-state index in [4.69, 9.17) is 5.11 Å². The second-order valence-corrected chi connectivity index (χ2v) is 3.77. The molecule has 5 heteroatoms. The van der Waals surface area contributed by atoms with Crippen molar-refractivity contribution in [2.24, 2.45) is 0 Å². The minimum absolute atomic E-state index is 0.100. The fourth-order valence-electron chi connectivity index (χ4n) is 0.725. The van der Waals surface area contributed by atoms with Gasteiger partial charge in [-0.3, -0.25) is 0 Å². The van der Waals surface area contributed by atoms with E-state index in [1.807, 2.05) is 13.8 Å². The molecule has 4 nitrogen and oxygen atoms in total. The first-order valence-corrected chi connectivity index (χ1v) is 4.73. The fraction of sp³-hybridized carbons (Fsp3) is 0.714. The lowest BCUT2D eigenvalue weighted by molar-refractivity contribution is 0.219. The van der Waals surface area contributed by atoms with E-state index in [0.717, 1.165) is 11.6 Å². The van der Waals surface area contributed by atoms with Gasteiger partial charge in [-0.2, -0.15) is 0 Å². The van der Waals surface area contributed by atoms with Gasteiger partial charge in [-0.1, -0.05) is 18.3 Å². The van der Waals surface area contributed by atoms with Crippen molar-refractivity contribution < 1.29 is 5.11 Å². The second kappa shape index (κ2) is 3.82. The molecule has 1 aromatic heterocycles. The van der Waals surface area contributed by atoms with Crippen LogP contribution in [0, 0.1) is 0 Å². The molecular formula is C7H13N3OS. The minimum Gasteiger partial charge on any atom is -0.394 e. The van der Waals surface area contributed by atoms with Crippen molar-refractivity contribution in [1.82, 2.24) is 10.2 Å². The highest BCUT2D eigenvalue weighted by molar-refractivity contribution is 7.13. The molecule has 0 aromatic carbocycles. The summed E-state index contributed by atoms with van der Waals surface area (Å²) in [6, 6.07) is 0. The summed E-state index contributed by atoms with van der Waals surface area (Å²) in [6.45, 7) is 4.07. The van der Waals surface area contributed by atoms with Crippen LogP contribution in [0.3, 0.4) is 0 Å². The average molecular weight is 187 g/mol. The number of hydrogen-bond acceptors (Lipinski definition) is 5. The van der Waals surface area contributed by atoms with Crippen LogP contribution in [0.2, 0.25) is 0 Å². The lowest BCUT2D eigenvalue weighted by Gasteiger charge is -2.26. The van der Waals surface area contributed by atoms with E-state index in [2.05, 4.69) is 15.5 Å². The molecule has 0 saturated heterocycles. The van der Waals surface area contributed by atoms with Crippen LogP contribution in [0.5, 0.6) is 0 Å². The largest absolute Gasteiger partial charge is 0.394 e. The first kappa shape index (κ1) is 9.41. The molecule has 1 rings (SSSR count). The van der Waals surface area contributed by atoms with Gasteiger partial charge in [-0.25, -0.2) is 0 Å². The van der Waals surface area contributed by atoms with Gasteiger partial charge in [0.2, 0.25) is 5.13 Å². The zero-order valence-electron chi connectivity index (χ0n) is 7.24. The van der Waals surface area contributed by atoms with Crippen molar-refractivity contribution in [3.05, 3.63) is 5.51 Å². The number of hydrogen-bond donors (Lipinski definition) is 2. The zero-order chi connectivity index (χ0) is 9.03. The highest BCUT2D eigenvalue weighted by Crippen LogP contribution is 2.18. The van der Waals surface area contributed by atoms with Gasteiger partial charge in [-0.05, 0) is 13.3 Å². The maximum atomic E-state index is 9.08. The number of aliphatic hydroxyl groups is 1. The molecule has 0 radical (unpaired) electrons. The standard InChI is InChI=1S/C7H13N3OS/c1-3-7(2,4-11)9-6-10-8-5-12-6/h5,11H,3-4H2,1-2H3,(H,9,10). The van der Waals surface area contributed by atoms with Gasteiger partial charge >= 0.3 is 0 Å². The Balaban J connectivity index is 2.60. The van der Waals surface area contributed by atoms with Crippen molar-refractivity contribution in [2.45, 2.75) is 25.8 Å². The molecule has 2 N–H and O–H groups in total. The van der Waals surface area contributed by atoms with E-state index in [9.17, 15) is 0 Å². The first-order chi connectivity index (χ1) is 5.70. The Morgan fingerprint density at radius 2 is 2.50 bits per heavy atom. The second-order valence-electron chi connectivity index (χ2n) is 2.94. The molecular weight excluding hydrogens is 174 g/mol. The van der Waals surface area contributed by atoms with Crippen molar-refractivity contribution in [3.8, 4) is 0 Å². The van der Waals surface area contributed by atoms with Crippen LogP contribution >= 0.6 is 11.3 Å². The predicted octanol–water partition coefficient (Wildman–Crippen LogP) is 1.11. The number of aromatic nitrogens is 2. The van der Waals surface area contributed by atoms with E-state index in [-0.39, 0.29) is 12.1 Å². The Morgan fingerprint density at radius 1 is 1.75 bits per heavy atom. The number of rotatable bonds is 4. The van der Waals surface area contributed by atoms with E-state index in [0.29, 0.717) is 0 Å². The van der Waals surface area contributed by atoms with Crippen LogP contribution in [0.4, 0.5) is 5.13 Å². The third kappa shape index (κ3) is 2.15. The van der Waals surface area contributed by atoms with Crippen molar-refractivity contribution >= 4 is 16.5 Å². The SMILES string of the molecule is CCC(C)(CO)Nc1nncs1. The summed E-state index contributed by atoms with van der Waals surface area (Å²) in [6.07, 6.45) is 0.850. The summed E-state index contributed by atoms with van der Waals surface area (Å²) < 4.78 is 0. The molecule has 0 amide bonds. The van der Waals surface area contributed by atoms with Crippen LogP contribution in [0.1, 0.15) is 20.3 Å². The van der Waals surface area contributed by atoms with Gasteiger partial charge in [0.05, 0.1) is 12.1 Å². The molecule has 0 bridgehead atoms. The summed E-state index contributed by atoms with van der Waals surface area (Å²) in [5, 5.41) is 20.5. The van der Waals surface area contributed by atoms with E-state index >= 15 is 0 Å². The number of nitrogens with one attached hydrogen (secondary N) is 1. The Kier molecular flexibility index (Phi) is 2.99. The number of nitrogens with zero attached hydrogens (tertiary/aromatic N) is 2. The Labute approximate surface area is 75.6 Å². The van der Waals surface area contributed by atoms with Gasteiger partial charge < -0.3 is 10.4 Å². The van der Waals surface area contributed by atoms with Crippen LogP contribution in [-0.4, -0.2) is 27.4 Å². The van der Waals surface area contributed by atoms with E-state index in [1.165, 1.54) is 11.3 Å². The molecule has 0 aliphatic carbocycles. The summed E-state index contributed by atoms with van der Waals surface area (Å²) in [7, 11) is 0. The lowest BCUT2D eigenvalue weighted by Crippen LogP contribution is -2.37. The van der Waals surface area contributed by atoms with E-state index in [1.54, 1.807) is 5.51 Å². The topological polar surface area (TPSA) is 58.0 Å². The third-order valence-corrected chi connectivity index (χ3v) is 2.50. The predicted molar refractivity (Wildman–Crippen MR) is 49.3 cm³/mol. The zero-order valence-corrected chi connectivity index (χ0v) is 8.06. The van der Waals surface area contributed by atoms with Crippen LogP contribution in [0.15, 0.2) is 5.51 Å². The van der Waals surface area contributed by atoms with E-state index < -0.39 is 0 Å². The molecule has 68 valence electrons. The molecule has 0 fully saturated rings. The molecule has 1 unspecified atom stereocenters. The van der Waals surface area contributed by atoms with Crippen molar-refractivity contribution in [1.29, 1.82) is 0 Å². The Morgan fingerprint density at radius 3 is 2.92 bits per heavy atom. The van der Waals surface area contributed by atoms with Crippen molar-refractivity contribution in [3.63, 3.8) is 0 Å². The molecule has 0 aliphatic rings. The van der Waals surface area contributed by atoms with Crippen LogP contribution < -0.4 is 5.32 Å². The van der Waals surface area contributed by atoms with Crippen LogP contribution in [0.25, 0.3) is 0 Å². The highest BCUT2D eigenvalue weighted by atomic mass is 32.1. The molecule has 1 heterocycles. The minimum atomic E-state index is -0.278. The van der Waals surface area contributed by atoms with Gasteiger partial charge in [0, 0.05) is 0 Å². The smallest absolute Gasteiger partial charge is 0.205 e. The number of anilines is 1. The summed E-state index contributed by atoms with van der Waals surface area (Å²) in [4.78, 5) is 0. The lowest BCUT2D eigenvalue weighted by atomic mass is 10.0.